The second kappa shape index (κ2) is 4.04. The normalized spacial score (nSPS) is 15.3. The van der Waals surface area contributed by atoms with Gasteiger partial charge < -0.3 is 15.4 Å². The van der Waals surface area contributed by atoms with Gasteiger partial charge in [0.05, 0.1) is 5.69 Å². The SMILES string of the molecule is O=C1CNC(=S)Nc2cc(Cl)ccc2O1. The molecule has 15 heavy (non-hydrogen) atoms. The van der Waals surface area contributed by atoms with E-state index in [0.29, 0.717) is 21.6 Å². The molecule has 0 bridgehead atoms. The fourth-order valence-electron chi connectivity index (χ4n) is 1.17. The van der Waals surface area contributed by atoms with Crippen molar-refractivity contribution in [1.82, 2.24) is 5.32 Å². The number of benzene rings is 1. The topological polar surface area (TPSA) is 50.4 Å². The van der Waals surface area contributed by atoms with E-state index in [1.54, 1.807) is 18.2 Å². The van der Waals surface area contributed by atoms with Crippen LogP contribution in [0, 0.1) is 0 Å². The lowest BCUT2D eigenvalue weighted by Gasteiger charge is -2.17. The number of carbonyl (C=O) groups is 1. The summed E-state index contributed by atoms with van der Waals surface area (Å²) in [5.41, 5.74) is 0.577. The van der Waals surface area contributed by atoms with E-state index in [4.69, 9.17) is 28.6 Å². The van der Waals surface area contributed by atoms with Crippen LogP contribution in [0.15, 0.2) is 18.2 Å². The molecule has 1 aliphatic rings. The highest BCUT2D eigenvalue weighted by atomic mass is 35.5. The fraction of sp³-hybridized carbons (Fsp3) is 0.111. The van der Waals surface area contributed by atoms with Crippen LogP contribution in [0.5, 0.6) is 5.75 Å². The first-order valence-corrected chi connectivity index (χ1v) is 4.99. The van der Waals surface area contributed by atoms with E-state index in [2.05, 4.69) is 10.6 Å². The molecule has 0 radical (unpaired) electrons. The molecule has 2 N–H and O–H groups in total. The molecule has 0 amide bonds. The molecule has 0 atom stereocenters. The molecule has 0 aliphatic carbocycles. The molecule has 1 aliphatic heterocycles. The summed E-state index contributed by atoms with van der Waals surface area (Å²) in [5, 5.41) is 6.49. The third-order valence-electron chi connectivity index (χ3n) is 1.81. The van der Waals surface area contributed by atoms with Gasteiger partial charge in [-0.2, -0.15) is 0 Å². The van der Waals surface area contributed by atoms with Gasteiger partial charge in [-0.1, -0.05) is 11.6 Å². The van der Waals surface area contributed by atoms with Gasteiger partial charge in [-0.3, -0.25) is 0 Å². The van der Waals surface area contributed by atoms with Crippen LogP contribution >= 0.6 is 23.8 Å². The second-order valence-corrected chi connectivity index (χ2v) is 3.77. The van der Waals surface area contributed by atoms with E-state index >= 15 is 0 Å². The monoisotopic (exact) mass is 242 g/mol. The minimum Gasteiger partial charge on any atom is -0.423 e. The maximum Gasteiger partial charge on any atom is 0.330 e. The van der Waals surface area contributed by atoms with E-state index in [0.717, 1.165) is 0 Å². The second-order valence-electron chi connectivity index (χ2n) is 2.92. The smallest absolute Gasteiger partial charge is 0.330 e. The Kier molecular flexibility index (Phi) is 2.75. The molecule has 1 aromatic carbocycles. The van der Waals surface area contributed by atoms with Crippen LogP contribution < -0.4 is 15.4 Å². The highest BCUT2D eigenvalue weighted by Crippen LogP contribution is 2.28. The number of hydrogen-bond donors (Lipinski definition) is 2. The van der Waals surface area contributed by atoms with Crippen molar-refractivity contribution in [2.45, 2.75) is 0 Å². The van der Waals surface area contributed by atoms with Crippen molar-refractivity contribution >= 4 is 40.6 Å². The van der Waals surface area contributed by atoms with Crippen molar-refractivity contribution in [2.75, 3.05) is 11.9 Å². The summed E-state index contributed by atoms with van der Waals surface area (Å²) in [6, 6.07) is 4.91. The number of halogens is 1. The predicted molar refractivity (Wildman–Crippen MR) is 61.3 cm³/mol. The molecule has 0 aromatic heterocycles. The lowest BCUT2D eigenvalue weighted by molar-refractivity contribution is -0.133. The lowest BCUT2D eigenvalue weighted by Crippen LogP contribution is -2.37. The van der Waals surface area contributed by atoms with E-state index in [-0.39, 0.29) is 12.5 Å². The molecule has 0 saturated heterocycles. The molecular weight excluding hydrogens is 236 g/mol. The third kappa shape index (κ3) is 2.37. The molecule has 1 aromatic rings. The van der Waals surface area contributed by atoms with Crippen molar-refractivity contribution in [2.24, 2.45) is 0 Å². The van der Waals surface area contributed by atoms with Gasteiger partial charge in [-0.25, -0.2) is 4.79 Å². The largest absolute Gasteiger partial charge is 0.423 e. The van der Waals surface area contributed by atoms with Crippen molar-refractivity contribution in [3.63, 3.8) is 0 Å². The summed E-state index contributed by atoms with van der Waals surface area (Å²) in [4.78, 5) is 11.2. The molecule has 78 valence electrons. The van der Waals surface area contributed by atoms with E-state index in [9.17, 15) is 4.79 Å². The Morgan fingerprint density at radius 2 is 2.27 bits per heavy atom. The molecule has 0 unspecified atom stereocenters. The number of carbonyl (C=O) groups excluding carboxylic acids is 1. The van der Waals surface area contributed by atoms with Crippen LogP contribution in [0.25, 0.3) is 0 Å². The lowest BCUT2D eigenvalue weighted by atomic mass is 10.3. The number of thiocarbonyl (C=S) groups is 1. The molecule has 0 fully saturated rings. The molecule has 2 rings (SSSR count). The molecule has 0 spiro atoms. The zero-order valence-electron chi connectivity index (χ0n) is 7.54. The Morgan fingerprint density at radius 3 is 3.07 bits per heavy atom. The van der Waals surface area contributed by atoms with Gasteiger partial charge in [0.15, 0.2) is 10.9 Å². The maximum absolute atomic E-state index is 11.2. The summed E-state index contributed by atoms with van der Waals surface area (Å²) < 4.78 is 5.06. The zero-order valence-corrected chi connectivity index (χ0v) is 9.11. The minimum atomic E-state index is -0.387. The summed E-state index contributed by atoms with van der Waals surface area (Å²) in [7, 11) is 0. The Balaban J connectivity index is 2.41. The van der Waals surface area contributed by atoms with Crippen LogP contribution in [0.4, 0.5) is 5.69 Å². The van der Waals surface area contributed by atoms with Crippen LogP contribution in [0.1, 0.15) is 0 Å². The first-order chi connectivity index (χ1) is 7.15. The predicted octanol–water partition coefficient (Wildman–Crippen LogP) is 1.55. The average Bonchev–Trinajstić information content (AvgIpc) is 2.17. The van der Waals surface area contributed by atoms with Gasteiger partial charge in [0, 0.05) is 5.02 Å². The Labute approximate surface area is 96.6 Å². The fourth-order valence-corrected chi connectivity index (χ4v) is 1.52. The number of ether oxygens (including phenoxy) is 1. The first kappa shape index (κ1) is 10.2. The quantitative estimate of drug-likeness (QED) is 0.411. The van der Waals surface area contributed by atoms with Crippen LogP contribution in [0.3, 0.4) is 0 Å². The highest BCUT2D eigenvalue weighted by Gasteiger charge is 2.14. The molecule has 6 heteroatoms. The minimum absolute atomic E-state index is 0.0495. The number of anilines is 1. The van der Waals surface area contributed by atoms with Crippen molar-refractivity contribution < 1.29 is 9.53 Å². The van der Waals surface area contributed by atoms with E-state index < -0.39 is 0 Å². The molecular formula is C9H7ClN2O2S. The third-order valence-corrected chi connectivity index (χ3v) is 2.29. The first-order valence-electron chi connectivity index (χ1n) is 4.20. The van der Waals surface area contributed by atoms with Crippen molar-refractivity contribution in [1.29, 1.82) is 0 Å². The summed E-state index contributed by atoms with van der Waals surface area (Å²) >= 11 is 10.8. The van der Waals surface area contributed by atoms with Crippen molar-refractivity contribution in [3.8, 4) is 5.75 Å². The van der Waals surface area contributed by atoms with Gasteiger partial charge in [0.25, 0.3) is 0 Å². The van der Waals surface area contributed by atoms with Gasteiger partial charge in [0.1, 0.15) is 6.54 Å². The van der Waals surface area contributed by atoms with Crippen molar-refractivity contribution in [3.05, 3.63) is 23.2 Å². The van der Waals surface area contributed by atoms with Crippen LogP contribution in [-0.4, -0.2) is 17.6 Å². The number of nitrogens with one attached hydrogen (secondary N) is 2. The average molecular weight is 243 g/mol. The van der Waals surface area contributed by atoms with E-state index in [1.165, 1.54) is 0 Å². The molecule has 1 heterocycles. The van der Waals surface area contributed by atoms with Crippen LogP contribution in [0.2, 0.25) is 5.02 Å². The number of rotatable bonds is 0. The highest BCUT2D eigenvalue weighted by molar-refractivity contribution is 7.80. The summed E-state index contributed by atoms with van der Waals surface area (Å²) in [6.07, 6.45) is 0. The number of hydrogen-bond acceptors (Lipinski definition) is 3. The summed E-state index contributed by atoms with van der Waals surface area (Å²) in [5.74, 6) is 0.0377. The molecule has 4 nitrogen and oxygen atoms in total. The molecule has 0 saturated carbocycles. The van der Waals surface area contributed by atoms with E-state index in [1.807, 2.05) is 0 Å². The van der Waals surface area contributed by atoms with Gasteiger partial charge in [-0.15, -0.1) is 0 Å². The van der Waals surface area contributed by atoms with Gasteiger partial charge >= 0.3 is 5.97 Å². The maximum atomic E-state index is 11.2. The number of esters is 1. The Bertz CT molecular complexity index is 436. The number of fused-ring (bicyclic) bond motifs is 1. The standard InChI is InChI=1S/C9H7ClN2O2S/c10-5-1-2-7-6(3-5)12-9(15)11-4-8(13)14-7/h1-3H,4H2,(H2,11,12,15). The van der Waals surface area contributed by atoms with Gasteiger partial charge in [-0.05, 0) is 30.4 Å². The summed E-state index contributed by atoms with van der Waals surface area (Å²) in [6.45, 7) is 0.0495. The Hall–Kier alpha value is -1.33. The zero-order chi connectivity index (χ0) is 10.8. The van der Waals surface area contributed by atoms with Crippen LogP contribution in [-0.2, 0) is 4.79 Å². The van der Waals surface area contributed by atoms with Gasteiger partial charge in [0.2, 0.25) is 0 Å². The Morgan fingerprint density at radius 1 is 1.47 bits per heavy atom.